The number of para-hydroxylation sites is 1. The van der Waals surface area contributed by atoms with E-state index < -0.39 is 0 Å². The fourth-order valence-corrected chi connectivity index (χ4v) is 13.5. The van der Waals surface area contributed by atoms with Crippen LogP contribution in [-0.2, 0) is 5.41 Å². The maximum Gasteiger partial charge on any atom is 0.0640 e. The molecule has 72 heavy (non-hydrogen) atoms. The third-order valence-corrected chi connectivity index (χ3v) is 17.0. The Hall–Kier alpha value is -8.76. The molecule has 0 unspecified atom stereocenters. The van der Waals surface area contributed by atoms with Gasteiger partial charge in [0.1, 0.15) is 0 Å². The molecule has 2 nitrogen and oxygen atoms in total. The second kappa shape index (κ2) is 15.6. The molecule has 338 valence electrons. The first-order valence-corrected chi connectivity index (χ1v) is 25.8. The zero-order valence-corrected chi connectivity index (χ0v) is 40.7. The molecule has 0 spiro atoms. The number of hydrogen-bond donors (Lipinski definition) is 0. The zero-order chi connectivity index (χ0) is 47.7. The van der Waals surface area contributed by atoms with Crippen molar-refractivity contribution in [2.45, 2.75) is 19.3 Å². The SMILES string of the molecule is CC1(C)c2ccccc2-c2ccc(-c3ccc4c(c3)c3cc(-c5ccc(N(c6ccc7c8ccccc8c8ccccc8c7c6)c6cccc7c6sc6ccccc67)cc5)ccc3n4-c3ccccc3)cc21. The van der Waals surface area contributed by atoms with Gasteiger partial charge in [-0.25, -0.2) is 0 Å². The van der Waals surface area contributed by atoms with Gasteiger partial charge in [0.2, 0.25) is 0 Å². The predicted molar refractivity (Wildman–Crippen MR) is 309 cm³/mol. The molecule has 0 bridgehead atoms. The molecule has 1 aliphatic carbocycles. The molecular weight excluding hydrogens is 889 g/mol. The molecule has 14 aromatic rings. The number of rotatable bonds is 6. The Labute approximate surface area is 421 Å². The highest BCUT2D eigenvalue weighted by Gasteiger charge is 2.35. The van der Waals surface area contributed by atoms with Crippen molar-refractivity contribution < 1.29 is 0 Å². The molecule has 0 fully saturated rings. The van der Waals surface area contributed by atoms with Crippen molar-refractivity contribution in [2.75, 3.05) is 4.90 Å². The quantitative estimate of drug-likeness (QED) is 0.151. The number of benzene rings is 12. The van der Waals surface area contributed by atoms with Crippen LogP contribution in [0.25, 0.3) is 113 Å². The molecule has 2 aromatic heterocycles. The molecule has 0 saturated carbocycles. The first kappa shape index (κ1) is 41.1. The van der Waals surface area contributed by atoms with Crippen molar-refractivity contribution >= 4 is 103 Å². The monoisotopic (exact) mass is 934 g/mol. The van der Waals surface area contributed by atoms with Crippen LogP contribution in [0.5, 0.6) is 0 Å². The number of anilines is 3. The molecule has 0 aliphatic heterocycles. The smallest absolute Gasteiger partial charge is 0.0640 e. The van der Waals surface area contributed by atoms with Crippen LogP contribution in [0, 0.1) is 0 Å². The second-order valence-electron chi connectivity index (χ2n) is 20.0. The van der Waals surface area contributed by atoms with E-state index in [1.54, 1.807) is 0 Å². The summed E-state index contributed by atoms with van der Waals surface area (Å²) in [6.45, 7) is 4.73. The lowest BCUT2D eigenvalue weighted by Crippen LogP contribution is -2.14. The average Bonchev–Trinajstić information content (AvgIpc) is 4.06. The van der Waals surface area contributed by atoms with E-state index in [1.807, 2.05) is 11.3 Å². The standard InChI is InChI=1S/C69H46N2S/c1-69(2)62-24-12-10-21-55(62)56-35-29-46(41-63(56)69)45-31-38-65-61(40-45)60-39-44(30-37-64(60)71(65)47-15-4-3-5-16-47)43-27-32-48(33-28-43)70(66-25-14-23-58-57-22-11-13-26-67(57)72-68(58)66)49-34-36-54-52-19-7-6-17-50(52)51-18-8-9-20-53(51)59(54)42-49/h3-42H,1-2H3. The molecule has 0 N–H and O–H groups in total. The minimum absolute atomic E-state index is 0.0670. The van der Waals surface area contributed by atoms with Gasteiger partial charge in [-0.3, -0.25) is 0 Å². The number of hydrogen-bond acceptors (Lipinski definition) is 2. The van der Waals surface area contributed by atoms with Crippen molar-refractivity contribution in [1.29, 1.82) is 0 Å². The summed E-state index contributed by atoms with van der Waals surface area (Å²) >= 11 is 1.87. The Bertz CT molecular complexity index is 4500. The Kier molecular flexibility index (Phi) is 8.91. The third-order valence-electron chi connectivity index (χ3n) is 15.8. The van der Waals surface area contributed by atoms with Crippen LogP contribution < -0.4 is 4.90 Å². The van der Waals surface area contributed by atoms with E-state index in [-0.39, 0.29) is 5.41 Å². The van der Waals surface area contributed by atoms with Crippen molar-refractivity contribution in [2.24, 2.45) is 0 Å². The minimum atomic E-state index is -0.0670. The van der Waals surface area contributed by atoms with Gasteiger partial charge in [0, 0.05) is 48.7 Å². The second-order valence-corrected chi connectivity index (χ2v) is 21.1. The van der Waals surface area contributed by atoms with E-state index in [9.17, 15) is 0 Å². The number of thiophene rings is 1. The molecule has 0 saturated heterocycles. The Morgan fingerprint density at radius 3 is 1.60 bits per heavy atom. The summed E-state index contributed by atoms with van der Waals surface area (Å²) in [5.41, 5.74) is 17.2. The van der Waals surface area contributed by atoms with Gasteiger partial charge in [0.15, 0.2) is 0 Å². The maximum absolute atomic E-state index is 2.47. The van der Waals surface area contributed by atoms with E-state index in [1.165, 1.54) is 124 Å². The summed E-state index contributed by atoms with van der Waals surface area (Å²) in [6, 6.07) is 90.5. The maximum atomic E-state index is 2.47. The number of nitrogens with zero attached hydrogens (tertiary/aromatic N) is 2. The van der Waals surface area contributed by atoms with Gasteiger partial charge in [-0.15, -0.1) is 11.3 Å². The summed E-state index contributed by atoms with van der Waals surface area (Å²) in [5.74, 6) is 0. The van der Waals surface area contributed by atoms with Gasteiger partial charge >= 0.3 is 0 Å². The van der Waals surface area contributed by atoms with Crippen LogP contribution >= 0.6 is 11.3 Å². The third kappa shape index (κ3) is 6.08. The minimum Gasteiger partial charge on any atom is -0.309 e. The number of fused-ring (bicyclic) bond motifs is 15. The summed E-state index contributed by atoms with van der Waals surface area (Å²) < 4.78 is 5.00. The Balaban J connectivity index is 0.883. The van der Waals surface area contributed by atoms with E-state index in [0.29, 0.717) is 0 Å². The van der Waals surface area contributed by atoms with Crippen molar-refractivity contribution in [1.82, 2.24) is 4.57 Å². The average molecular weight is 935 g/mol. The van der Waals surface area contributed by atoms with Crippen LogP contribution in [0.2, 0.25) is 0 Å². The molecule has 0 amide bonds. The predicted octanol–water partition coefficient (Wildman–Crippen LogP) is 19.7. The van der Waals surface area contributed by atoms with Crippen LogP contribution in [0.15, 0.2) is 243 Å². The number of aromatic nitrogens is 1. The topological polar surface area (TPSA) is 8.17 Å². The molecular formula is C69H46N2S. The first-order chi connectivity index (χ1) is 35.5. The van der Waals surface area contributed by atoms with Gasteiger partial charge in [0.05, 0.1) is 21.4 Å². The lowest BCUT2D eigenvalue weighted by atomic mass is 9.81. The van der Waals surface area contributed by atoms with Gasteiger partial charge in [0.25, 0.3) is 0 Å². The van der Waals surface area contributed by atoms with Gasteiger partial charge in [-0.1, -0.05) is 178 Å². The Morgan fingerprint density at radius 2 is 0.875 bits per heavy atom. The van der Waals surface area contributed by atoms with E-state index >= 15 is 0 Å². The highest BCUT2D eigenvalue weighted by molar-refractivity contribution is 7.26. The van der Waals surface area contributed by atoms with E-state index in [4.69, 9.17) is 0 Å². The molecule has 3 heteroatoms. The zero-order valence-electron chi connectivity index (χ0n) is 39.9. The molecule has 12 aromatic carbocycles. The lowest BCUT2D eigenvalue weighted by molar-refractivity contribution is 0.660. The highest BCUT2D eigenvalue weighted by atomic mass is 32.1. The summed E-state index contributed by atoms with van der Waals surface area (Å²) in [4.78, 5) is 2.47. The van der Waals surface area contributed by atoms with E-state index in [0.717, 1.165) is 17.1 Å². The Morgan fingerprint density at radius 1 is 0.347 bits per heavy atom. The van der Waals surface area contributed by atoms with Crippen LogP contribution in [0.1, 0.15) is 25.0 Å². The molecule has 0 radical (unpaired) electrons. The van der Waals surface area contributed by atoms with Crippen molar-refractivity contribution in [3.8, 4) is 39.1 Å². The lowest BCUT2D eigenvalue weighted by Gasteiger charge is -2.27. The van der Waals surface area contributed by atoms with Crippen LogP contribution in [0.4, 0.5) is 17.1 Å². The van der Waals surface area contributed by atoms with Gasteiger partial charge < -0.3 is 9.47 Å². The summed E-state index contributed by atoms with van der Waals surface area (Å²) in [5, 5.41) is 12.7. The van der Waals surface area contributed by atoms with Crippen molar-refractivity contribution in [3.05, 3.63) is 254 Å². The summed E-state index contributed by atoms with van der Waals surface area (Å²) in [7, 11) is 0. The van der Waals surface area contributed by atoms with Crippen LogP contribution in [-0.4, -0.2) is 4.57 Å². The van der Waals surface area contributed by atoms with E-state index in [2.05, 4.69) is 266 Å². The fraction of sp³-hybridized carbons (Fsp3) is 0.0435. The van der Waals surface area contributed by atoms with Gasteiger partial charge in [-0.2, -0.15) is 0 Å². The molecule has 2 heterocycles. The normalized spacial score (nSPS) is 13.0. The first-order valence-electron chi connectivity index (χ1n) is 25.0. The van der Waals surface area contributed by atoms with Crippen molar-refractivity contribution in [3.63, 3.8) is 0 Å². The molecule has 15 rings (SSSR count). The van der Waals surface area contributed by atoms with Crippen LogP contribution in [0.3, 0.4) is 0 Å². The largest absolute Gasteiger partial charge is 0.309 e. The fourth-order valence-electron chi connectivity index (χ4n) is 12.3. The molecule has 1 aliphatic rings. The summed E-state index contributed by atoms with van der Waals surface area (Å²) in [6.07, 6.45) is 0. The van der Waals surface area contributed by atoms with Gasteiger partial charge in [-0.05, 0) is 156 Å². The molecule has 0 atom stereocenters. The highest BCUT2D eigenvalue weighted by Crippen LogP contribution is 2.51.